The van der Waals surface area contributed by atoms with E-state index in [-0.39, 0.29) is 23.9 Å². The van der Waals surface area contributed by atoms with Crippen LogP contribution in [-0.2, 0) is 13.0 Å². The molecule has 29 heavy (non-hydrogen) atoms. The highest BCUT2D eigenvalue weighted by Gasteiger charge is 2.40. The van der Waals surface area contributed by atoms with E-state index >= 15 is 0 Å². The number of hydrogen-bond donors (Lipinski definition) is 3. The minimum atomic E-state index is -0.188. The minimum Gasteiger partial charge on any atom is -0.351 e. The number of H-pyrrole nitrogens is 1. The zero-order chi connectivity index (χ0) is 20.1. The van der Waals surface area contributed by atoms with E-state index in [1.165, 1.54) is 16.2 Å². The van der Waals surface area contributed by atoms with Crippen LogP contribution in [0.15, 0.2) is 24.3 Å². The Morgan fingerprint density at radius 1 is 1.24 bits per heavy atom. The number of nitrogens with one attached hydrogen (secondary N) is 3. The molecule has 5 rings (SSSR count). The molecule has 1 aromatic carbocycles. The number of carbonyl (C=O) groups excluding carboxylic acids is 2. The lowest BCUT2D eigenvalue weighted by Crippen LogP contribution is -2.34. The summed E-state index contributed by atoms with van der Waals surface area (Å²) in [7, 11) is 2.07. The number of hydrogen-bond acceptors (Lipinski definition) is 5. The molecule has 0 saturated heterocycles. The van der Waals surface area contributed by atoms with Gasteiger partial charge in [0.1, 0.15) is 5.69 Å². The first-order chi connectivity index (χ1) is 14.0. The van der Waals surface area contributed by atoms with Gasteiger partial charge in [-0.05, 0) is 37.7 Å². The van der Waals surface area contributed by atoms with Crippen LogP contribution in [-0.4, -0.2) is 52.4 Å². The number of aromatic amines is 1. The molecule has 0 radical (unpaired) electrons. The molecule has 2 amide bonds. The molecule has 1 saturated carbocycles. The lowest BCUT2D eigenvalue weighted by atomic mass is 10.2. The van der Waals surface area contributed by atoms with Gasteiger partial charge in [-0.3, -0.25) is 9.59 Å². The first-order valence-corrected chi connectivity index (χ1v) is 10.7. The summed E-state index contributed by atoms with van der Waals surface area (Å²) >= 11 is 7.46. The molecule has 2 atom stereocenters. The number of amides is 2. The summed E-state index contributed by atoms with van der Waals surface area (Å²) in [5.41, 5.74) is 2.38. The smallest absolute Gasteiger partial charge is 0.280 e. The Morgan fingerprint density at radius 3 is 2.86 bits per heavy atom. The van der Waals surface area contributed by atoms with Crippen molar-refractivity contribution >= 4 is 45.7 Å². The summed E-state index contributed by atoms with van der Waals surface area (Å²) in [6, 6.07) is 7.10. The summed E-state index contributed by atoms with van der Waals surface area (Å²) in [6.45, 7) is 1.81. The molecular formula is C20H20ClN5O2S. The van der Waals surface area contributed by atoms with E-state index in [2.05, 4.69) is 32.5 Å². The lowest BCUT2D eigenvalue weighted by molar-refractivity contribution is 0.0924. The number of carbonyl (C=O) groups is 2. The van der Waals surface area contributed by atoms with Crippen molar-refractivity contribution in [1.29, 1.82) is 0 Å². The van der Waals surface area contributed by atoms with Gasteiger partial charge in [0.05, 0.1) is 17.8 Å². The van der Waals surface area contributed by atoms with Gasteiger partial charge in [-0.2, -0.15) is 0 Å². The molecule has 2 aliphatic rings. The average Bonchev–Trinajstić information content (AvgIpc) is 3.09. The van der Waals surface area contributed by atoms with Crippen LogP contribution in [0, 0.1) is 0 Å². The van der Waals surface area contributed by atoms with Crippen LogP contribution < -0.4 is 10.6 Å². The molecule has 9 heteroatoms. The molecule has 3 heterocycles. The first-order valence-electron chi connectivity index (χ1n) is 9.53. The van der Waals surface area contributed by atoms with Crippen molar-refractivity contribution in [3.8, 4) is 0 Å². The van der Waals surface area contributed by atoms with Crippen LogP contribution in [0.2, 0.25) is 5.02 Å². The second kappa shape index (κ2) is 7.12. The highest BCUT2D eigenvalue weighted by Crippen LogP contribution is 2.27. The monoisotopic (exact) mass is 429 g/mol. The molecule has 2 aromatic heterocycles. The Hall–Kier alpha value is -2.42. The van der Waals surface area contributed by atoms with Gasteiger partial charge in [0, 0.05) is 40.3 Å². The molecule has 0 bridgehead atoms. The fourth-order valence-electron chi connectivity index (χ4n) is 3.64. The van der Waals surface area contributed by atoms with Crippen molar-refractivity contribution < 1.29 is 9.59 Å². The highest BCUT2D eigenvalue weighted by atomic mass is 35.5. The molecular weight excluding hydrogens is 410 g/mol. The highest BCUT2D eigenvalue weighted by molar-refractivity contribution is 7.13. The zero-order valence-corrected chi connectivity index (χ0v) is 17.4. The maximum Gasteiger partial charge on any atom is 0.280 e. The number of aromatic nitrogens is 2. The second-order valence-electron chi connectivity index (χ2n) is 7.69. The Labute approximate surface area is 176 Å². The van der Waals surface area contributed by atoms with Crippen LogP contribution >= 0.6 is 22.9 Å². The number of thiazole rings is 1. The maximum absolute atomic E-state index is 12.5. The summed E-state index contributed by atoms with van der Waals surface area (Å²) in [4.78, 5) is 36.1. The Balaban J connectivity index is 1.19. The zero-order valence-electron chi connectivity index (χ0n) is 15.8. The largest absolute Gasteiger partial charge is 0.351 e. The van der Waals surface area contributed by atoms with Gasteiger partial charge in [0.25, 0.3) is 11.8 Å². The van der Waals surface area contributed by atoms with Crippen molar-refractivity contribution in [2.45, 2.75) is 31.5 Å². The van der Waals surface area contributed by atoms with E-state index in [1.807, 2.05) is 12.1 Å². The van der Waals surface area contributed by atoms with Gasteiger partial charge in [-0.15, -0.1) is 11.3 Å². The van der Waals surface area contributed by atoms with Gasteiger partial charge in [-0.1, -0.05) is 11.6 Å². The van der Waals surface area contributed by atoms with Gasteiger partial charge in [0.15, 0.2) is 5.01 Å². The normalized spacial score (nSPS) is 21.0. The number of likely N-dealkylation sites (N-methyl/N-ethyl adjacent to an activating group) is 1. The topological polar surface area (TPSA) is 90.1 Å². The Bertz CT molecular complexity index is 1120. The summed E-state index contributed by atoms with van der Waals surface area (Å²) in [5.74, 6) is -0.346. The van der Waals surface area contributed by atoms with Gasteiger partial charge >= 0.3 is 0 Å². The molecule has 0 spiro atoms. The van der Waals surface area contributed by atoms with Crippen molar-refractivity contribution in [1.82, 2.24) is 25.5 Å². The van der Waals surface area contributed by atoms with E-state index in [0.29, 0.717) is 15.7 Å². The molecule has 2 unspecified atom stereocenters. The van der Waals surface area contributed by atoms with Crippen LogP contribution in [0.1, 0.15) is 37.3 Å². The van der Waals surface area contributed by atoms with Crippen LogP contribution in [0.25, 0.3) is 10.9 Å². The summed E-state index contributed by atoms with van der Waals surface area (Å²) < 4.78 is 0. The molecule has 1 aliphatic carbocycles. The van der Waals surface area contributed by atoms with Crippen molar-refractivity contribution in [3.05, 3.63) is 50.6 Å². The van der Waals surface area contributed by atoms with Crippen molar-refractivity contribution in [2.75, 3.05) is 13.6 Å². The Kier molecular flexibility index (Phi) is 4.57. The molecule has 150 valence electrons. The van der Waals surface area contributed by atoms with E-state index in [9.17, 15) is 9.59 Å². The number of nitrogens with zero attached hydrogens (tertiary/aromatic N) is 2. The number of fused-ring (bicyclic) bond motifs is 2. The summed E-state index contributed by atoms with van der Waals surface area (Å²) in [5, 5.41) is 7.98. The standard InChI is InChI=1S/C20H20ClN5O2S/c1-26-5-4-13-17(9-26)29-20(25-13)19(28)24-15-8-14(15)23-18(27)16-7-10-6-11(21)2-3-12(10)22-16/h2-3,6-7,14-15,22H,4-5,8-9H2,1H3,(H,23,27)(H,24,28). The number of rotatable bonds is 4. The predicted molar refractivity (Wildman–Crippen MR) is 113 cm³/mol. The van der Waals surface area contributed by atoms with Crippen LogP contribution in [0.4, 0.5) is 0 Å². The third-order valence-electron chi connectivity index (χ3n) is 5.37. The first kappa shape index (κ1) is 18.6. The number of halogens is 1. The van der Waals surface area contributed by atoms with Crippen molar-refractivity contribution in [2.24, 2.45) is 0 Å². The second-order valence-corrected chi connectivity index (χ2v) is 9.21. The molecule has 3 N–H and O–H groups in total. The molecule has 7 nitrogen and oxygen atoms in total. The lowest BCUT2D eigenvalue weighted by Gasteiger charge is -2.20. The molecule has 1 aliphatic heterocycles. The van der Waals surface area contributed by atoms with E-state index < -0.39 is 0 Å². The van der Waals surface area contributed by atoms with E-state index in [1.54, 1.807) is 12.1 Å². The molecule has 1 fully saturated rings. The predicted octanol–water partition coefficient (Wildman–Crippen LogP) is 2.57. The fourth-order valence-corrected chi connectivity index (χ4v) is 4.91. The van der Waals surface area contributed by atoms with Crippen molar-refractivity contribution in [3.63, 3.8) is 0 Å². The van der Waals surface area contributed by atoms with E-state index in [0.717, 1.165) is 42.5 Å². The maximum atomic E-state index is 12.5. The summed E-state index contributed by atoms with van der Waals surface area (Å²) in [6.07, 6.45) is 1.60. The van der Waals surface area contributed by atoms with Crippen LogP contribution in [0.5, 0.6) is 0 Å². The Morgan fingerprint density at radius 2 is 2.03 bits per heavy atom. The van der Waals surface area contributed by atoms with E-state index in [4.69, 9.17) is 11.6 Å². The van der Waals surface area contributed by atoms with Gasteiger partial charge < -0.3 is 20.5 Å². The number of benzene rings is 1. The van der Waals surface area contributed by atoms with Crippen LogP contribution in [0.3, 0.4) is 0 Å². The SMILES string of the molecule is CN1CCc2nc(C(=O)NC3CC3NC(=O)c3cc4cc(Cl)ccc4[nH]3)sc2C1. The average molecular weight is 430 g/mol. The van der Waals surface area contributed by atoms with Gasteiger partial charge in [0.2, 0.25) is 0 Å². The molecule has 3 aromatic rings. The third kappa shape index (κ3) is 3.75. The third-order valence-corrected chi connectivity index (χ3v) is 6.68. The minimum absolute atomic E-state index is 0.0612. The van der Waals surface area contributed by atoms with Gasteiger partial charge in [-0.25, -0.2) is 4.98 Å². The quantitative estimate of drug-likeness (QED) is 0.594. The fraction of sp³-hybridized carbons (Fsp3) is 0.350.